The summed E-state index contributed by atoms with van der Waals surface area (Å²) < 4.78 is 18.7. The monoisotopic (exact) mass is 280 g/mol. The minimum absolute atomic E-state index is 0.213. The molecule has 0 bridgehead atoms. The van der Waals surface area contributed by atoms with Gasteiger partial charge in [-0.2, -0.15) is 0 Å². The Labute approximate surface area is 120 Å². The van der Waals surface area contributed by atoms with Crippen LogP contribution in [0, 0.1) is 17.7 Å². The number of nitrogens with one attached hydrogen (secondary N) is 1. The van der Waals surface area contributed by atoms with Crippen LogP contribution in [0.2, 0.25) is 0 Å². The van der Waals surface area contributed by atoms with E-state index in [9.17, 15) is 4.39 Å². The van der Waals surface area contributed by atoms with Gasteiger partial charge in [0.2, 0.25) is 0 Å². The van der Waals surface area contributed by atoms with Crippen LogP contribution < -0.4 is 16.0 Å². The summed E-state index contributed by atoms with van der Waals surface area (Å²) in [5.74, 6) is 7.04. The number of halogens is 1. The van der Waals surface area contributed by atoms with Gasteiger partial charge in [-0.05, 0) is 48.8 Å². The van der Waals surface area contributed by atoms with Crippen LogP contribution in [0.5, 0.6) is 5.75 Å². The molecule has 3 unspecified atom stereocenters. The molecule has 1 aromatic carbocycles. The molecule has 0 aromatic heterocycles. The number of methoxy groups -OCH3 is 1. The molecule has 20 heavy (non-hydrogen) atoms. The van der Waals surface area contributed by atoms with Gasteiger partial charge < -0.3 is 4.74 Å². The molecular weight excluding hydrogens is 255 g/mol. The Morgan fingerprint density at radius 1 is 1.45 bits per heavy atom. The minimum atomic E-state index is -0.308. The molecule has 0 amide bonds. The van der Waals surface area contributed by atoms with Gasteiger partial charge in [0.1, 0.15) is 0 Å². The third-order valence-electron chi connectivity index (χ3n) is 4.43. The first kappa shape index (κ1) is 15.3. The van der Waals surface area contributed by atoms with E-state index in [1.165, 1.54) is 32.8 Å². The van der Waals surface area contributed by atoms with Crippen LogP contribution >= 0.6 is 0 Å². The fourth-order valence-corrected chi connectivity index (χ4v) is 3.30. The van der Waals surface area contributed by atoms with E-state index in [0.717, 1.165) is 17.9 Å². The largest absolute Gasteiger partial charge is 0.494 e. The summed E-state index contributed by atoms with van der Waals surface area (Å²) in [7, 11) is 1.48. The summed E-state index contributed by atoms with van der Waals surface area (Å²) in [5, 5.41) is 0. The van der Waals surface area contributed by atoms with Crippen LogP contribution in [-0.4, -0.2) is 13.2 Å². The number of nitrogens with two attached hydrogens (primary N) is 1. The Morgan fingerprint density at radius 3 is 2.85 bits per heavy atom. The Kier molecular flexibility index (Phi) is 5.38. The lowest BCUT2D eigenvalue weighted by Gasteiger charge is -2.33. The highest BCUT2D eigenvalue weighted by molar-refractivity contribution is 5.29. The van der Waals surface area contributed by atoms with E-state index in [0.29, 0.717) is 5.92 Å². The van der Waals surface area contributed by atoms with Crippen LogP contribution in [0.3, 0.4) is 0 Å². The number of ether oxygens (including phenoxy) is 1. The molecule has 1 saturated carbocycles. The molecule has 1 aromatic rings. The molecule has 0 aliphatic heterocycles. The van der Waals surface area contributed by atoms with Crippen molar-refractivity contribution in [2.45, 2.75) is 45.1 Å². The zero-order valence-corrected chi connectivity index (χ0v) is 12.4. The van der Waals surface area contributed by atoms with Crippen molar-refractivity contribution in [1.82, 2.24) is 5.43 Å². The second kappa shape index (κ2) is 7.04. The average Bonchev–Trinajstić information content (AvgIpc) is 2.45. The van der Waals surface area contributed by atoms with Crippen molar-refractivity contribution in [3.8, 4) is 5.75 Å². The average molecular weight is 280 g/mol. The summed E-state index contributed by atoms with van der Waals surface area (Å²) in [4.78, 5) is 0. The van der Waals surface area contributed by atoms with Gasteiger partial charge in [-0.3, -0.25) is 11.3 Å². The molecule has 3 N–H and O–H groups in total. The van der Waals surface area contributed by atoms with E-state index in [1.807, 2.05) is 6.07 Å². The third-order valence-corrected chi connectivity index (χ3v) is 4.43. The lowest BCUT2D eigenvalue weighted by Crippen LogP contribution is -2.44. The van der Waals surface area contributed by atoms with Crippen molar-refractivity contribution in [2.24, 2.45) is 17.7 Å². The lowest BCUT2D eigenvalue weighted by molar-refractivity contribution is 0.222. The predicted octanol–water partition coefficient (Wildman–Crippen LogP) is 3.04. The van der Waals surface area contributed by atoms with Crippen LogP contribution in [0.1, 0.15) is 38.2 Å². The zero-order chi connectivity index (χ0) is 14.5. The molecule has 1 aliphatic rings. The molecule has 2 rings (SSSR count). The molecule has 3 nitrogen and oxygen atoms in total. The quantitative estimate of drug-likeness (QED) is 0.644. The molecule has 1 aliphatic carbocycles. The molecule has 0 radical (unpaired) electrons. The first-order valence-corrected chi connectivity index (χ1v) is 7.42. The molecule has 0 spiro atoms. The first-order valence-electron chi connectivity index (χ1n) is 7.42. The van der Waals surface area contributed by atoms with Crippen molar-refractivity contribution in [1.29, 1.82) is 0 Å². The predicted molar refractivity (Wildman–Crippen MR) is 78.9 cm³/mol. The number of hydrazine groups is 1. The van der Waals surface area contributed by atoms with Gasteiger partial charge in [-0.25, -0.2) is 4.39 Å². The van der Waals surface area contributed by atoms with E-state index in [1.54, 1.807) is 12.1 Å². The smallest absolute Gasteiger partial charge is 0.165 e. The van der Waals surface area contributed by atoms with Gasteiger partial charge in [0.15, 0.2) is 11.6 Å². The first-order chi connectivity index (χ1) is 9.63. The van der Waals surface area contributed by atoms with Gasteiger partial charge >= 0.3 is 0 Å². The van der Waals surface area contributed by atoms with E-state index in [4.69, 9.17) is 10.6 Å². The van der Waals surface area contributed by atoms with Gasteiger partial charge in [-0.15, -0.1) is 0 Å². The summed E-state index contributed by atoms with van der Waals surface area (Å²) in [6.45, 7) is 2.30. The Bertz CT molecular complexity index is 438. The van der Waals surface area contributed by atoms with E-state index in [-0.39, 0.29) is 17.6 Å². The van der Waals surface area contributed by atoms with Crippen LogP contribution in [0.4, 0.5) is 4.39 Å². The molecule has 3 atom stereocenters. The topological polar surface area (TPSA) is 47.3 Å². The van der Waals surface area contributed by atoms with Crippen molar-refractivity contribution in [3.05, 3.63) is 29.6 Å². The maximum absolute atomic E-state index is 13.7. The van der Waals surface area contributed by atoms with E-state index in [2.05, 4.69) is 12.3 Å². The molecule has 1 fully saturated rings. The van der Waals surface area contributed by atoms with Gasteiger partial charge in [-0.1, -0.05) is 25.8 Å². The molecule has 0 saturated heterocycles. The van der Waals surface area contributed by atoms with Crippen LogP contribution in [-0.2, 0) is 6.42 Å². The number of rotatable bonds is 5. The highest BCUT2D eigenvalue weighted by Crippen LogP contribution is 2.32. The number of hydrogen-bond donors (Lipinski definition) is 2. The highest BCUT2D eigenvalue weighted by atomic mass is 19.1. The van der Waals surface area contributed by atoms with Crippen molar-refractivity contribution in [3.63, 3.8) is 0 Å². The van der Waals surface area contributed by atoms with Crippen molar-refractivity contribution < 1.29 is 9.13 Å². The summed E-state index contributed by atoms with van der Waals surface area (Å²) >= 11 is 0. The maximum atomic E-state index is 13.7. The maximum Gasteiger partial charge on any atom is 0.165 e. The Morgan fingerprint density at radius 2 is 2.25 bits per heavy atom. The van der Waals surface area contributed by atoms with Crippen molar-refractivity contribution >= 4 is 0 Å². The van der Waals surface area contributed by atoms with Crippen LogP contribution in [0.25, 0.3) is 0 Å². The molecule has 0 heterocycles. The second-order valence-corrected chi connectivity index (χ2v) is 5.98. The van der Waals surface area contributed by atoms with Gasteiger partial charge in [0.05, 0.1) is 7.11 Å². The Hall–Kier alpha value is -1.13. The SMILES string of the molecule is COc1ccc(CC(NN)C2CCCC(C)C2)cc1F. The minimum Gasteiger partial charge on any atom is -0.494 e. The molecule has 112 valence electrons. The number of hydrogen-bond acceptors (Lipinski definition) is 3. The van der Waals surface area contributed by atoms with E-state index >= 15 is 0 Å². The highest BCUT2D eigenvalue weighted by Gasteiger charge is 2.26. The summed E-state index contributed by atoms with van der Waals surface area (Å²) in [5.41, 5.74) is 3.90. The lowest BCUT2D eigenvalue weighted by atomic mass is 9.77. The van der Waals surface area contributed by atoms with Gasteiger partial charge in [0, 0.05) is 6.04 Å². The standard InChI is InChI=1S/C16H25FN2O/c1-11-4-3-5-13(8-11)15(19-18)10-12-6-7-16(20-2)14(17)9-12/h6-7,9,11,13,15,19H,3-5,8,10,18H2,1-2H3. The zero-order valence-electron chi connectivity index (χ0n) is 12.4. The van der Waals surface area contributed by atoms with E-state index < -0.39 is 0 Å². The third kappa shape index (κ3) is 3.70. The Balaban J connectivity index is 2.04. The fraction of sp³-hybridized carbons (Fsp3) is 0.625. The fourth-order valence-electron chi connectivity index (χ4n) is 3.30. The van der Waals surface area contributed by atoms with Gasteiger partial charge in [0.25, 0.3) is 0 Å². The summed E-state index contributed by atoms with van der Waals surface area (Å²) in [6, 6.07) is 5.36. The number of benzene rings is 1. The van der Waals surface area contributed by atoms with Crippen molar-refractivity contribution in [2.75, 3.05) is 7.11 Å². The summed E-state index contributed by atoms with van der Waals surface area (Å²) in [6.07, 6.45) is 5.74. The molecular formula is C16H25FN2O. The second-order valence-electron chi connectivity index (χ2n) is 5.98. The van der Waals surface area contributed by atoms with Crippen LogP contribution in [0.15, 0.2) is 18.2 Å². The molecule has 4 heteroatoms. The normalized spacial score (nSPS) is 24.4.